The SMILES string of the molecule is C/C=C(/c1cc(OC)cc(OC)c1)c1ccc(OC)c([N+](=O)[O-])c1. The summed E-state index contributed by atoms with van der Waals surface area (Å²) in [5, 5.41) is 11.2. The summed E-state index contributed by atoms with van der Waals surface area (Å²) >= 11 is 0. The molecular weight excluding hydrogens is 310 g/mol. The number of methoxy groups -OCH3 is 3. The van der Waals surface area contributed by atoms with Gasteiger partial charge in [-0.2, -0.15) is 0 Å². The lowest BCUT2D eigenvalue weighted by Gasteiger charge is -2.12. The lowest BCUT2D eigenvalue weighted by atomic mass is 9.96. The Kier molecular flexibility index (Phi) is 5.42. The van der Waals surface area contributed by atoms with E-state index in [1.54, 1.807) is 32.4 Å². The maximum absolute atomic E-state index is 11.2. The van der Waals surface area contributed by atoms with Crippen LogP contribution in [-0.4, -0.2) is 26.3 Å². The van der Waals surface area contributed by atoms with Crippen molar-refractivity contribution in [1.29, 1.82) is 0 Å². The van der Waals surface area contributed by atoms with E-state index < -0.39 is 4.92 Å². The summed E-state index contributed by atoms with van der Waals surface area (Å²) in [5.74, 6) is 1.51. The fourth-order valence-electron chi connectivity index (χ4n) is 2.46. The van der Waals surface area contributed by atoms with E-state index in [0.717, 1.165) is 11.1 Å². The van der Waals surface area contributed by atoms with Crippen LogP contribution in [0.3, 0.4) is 0 Å². The summed E-state index contributed by atoms with van der Waals surface area (Å²) in [4.78, 5) is 10.8. The molecule has 0 saturated carbocycles. The predicted molar refractivity (Wildman–Crippen MR) is 91.9 cm³/mol. The van der Waals surface area contributed by atoms with E-state index in [9.17, 15) is 10.1 Å². The van der Waals surface area contributed by atoms with Crippen molar-refractivity contribution in [1.82, 2.24) is 0 Å². The molecule has 0 aliphatic heterocycles. The maximum Gasteiger partial charge on any atom is 0.311 e. The van der Waals surface area contributed by atoms with Crippen LogP contribution in [0.5, 0.6) is 17.2 Å². The van der Waals surface area contributed by atoms with E-state index in [0.29, 0.717) is 17.1 Å². The monoisotopic (exact) mass is 329 g/mol. The zero-order valence-electron chi connectivity index (χ0n) is 14.0. The highest BCUT2D eigenvalue weighted by atomic mass is 16.6. The van der Waals surface area contributed by atoms with E-state index in [-0.39, 0.29) is 11.4 Å². The van der Waals surface area contributed by atoms with E-state index in [4.69, 9.17) is 14.2 Å². The van der Waals surface area contributed by atoms with Crippen LogP contribution in [0.4, 0.5) is 5.69 Å². The average Bonchev–Trinajstić information content (AvgIpc) is 2.61. The molecule has 0 radical (unpaired) electrons. The van der Waals surface area contributed by atoms with Crippen LogP contribution < -0.4 is 14.2 Å². The van der Waals surface area contributed by atoms with Gasteiger partial charge in [0.1, 0.15) is 11.5 Å². The highest BCUT2D eigenvalue weighted by molar-refractivity contribution is 5.82. The summed E-state index contributed by atoms with van der Waals surface area (Å²) in [7, 11) is 4.56. The van der Waals surface area contributed by atoms with Gasteiger partial charge in [0, 0.05) is 12.1 Å². The zero-order chi connectivity index (χ0) is 17.7. The van der Waals surface area contributed by atoms with Gasteiger partial charge in [0.2, 0.25) is 0 Å². The van der Waals surface area contributed by atoms with Crippen LogP contribution in [0, 0.1) is 10.1 Å². The van der Waals surface area contributed by atoms with Gasteiger partial charge in [-0.25, -0.2) is 0 Å². The topological polar surface area (TPSA) is 70.8 Å². The molecule has 6 heteroatoms. The maximum atomic E-state index is 11.2. The van der Waals surface area contributed by atoms with Crippen LogP contribution in [0.25, 0.3) is 5.57 Å². The van der Waals surface area contributed by atoms with Crippen molar-refractivity contribution < 1.29 is 19.1 Å². The number of nitrogens with zero attached hydrogens (tertiary/aromatic N) is 1. The quantitative estimate of drug-likeness (QED) is 0.590. The van der Waals surface area contributed by atoms with Crippen molar-refractivity contribution >= 4 is 11.3 Å². The molecule has 0 atom stereocenters. The van der Waals surface area contributed by atoms with Crippen LogP contribution in [-0.2, 0) is 0 Å². The lowest BCUT2D eigenvalue weighted by molar-refractivity contribution is -0.385. The Morgan fingerprint density at radius 2 is 1.58 bits per heavy atom. The summed E-state index contributed by atoms with van der Waals surface area (Å²) in [6.07, 6.45) is 1.89. The van der Waals surface area contributed by atoms with Gasteiger partial charge < -0.3 is 14.2 Å². The van der Waals surface area contributed by atoms with Crippen molar-refractivity contribution in [3.63, 3.8) is 0 Å². The molecule has 126 valence electrons. The number of nitro benzene ring substituents is 1. The Balaban J connectivity index is 2.57. The van der Waals surface area contributed by atoms with Crippen molar-refractivity contribution in [2.75, 3.05) is 21.3 Å². The minimum absolute atomic E-state index is 0.0794. The third kappa shape index (κ3) is 3.48. The van der Waals surface area contributed by atoms with Gasteiger partial charge in [-0.3, -0.25) is 10.1 Å². The molecule has 2 rings (SSSR count). The molecule has 0 fully saturated rings. The average molecular weight is 329 g/mol. The normalized spacial score (nSPS) is 11.1. The second kappa shape index (κ2) is 7.50. The minimum Gasteiger partial charge on any atom is -0.497 e. The second-order valence-electron chi connectivity index (χ2n) is 4.95. The molecule has 0 spiro atoms. The third-order valence-electron chi connectivity index (χ3n) is 3.64. The lowest BCUT2D eigenvalue weighted by Crippen LogP contribution is -1.97. The van der Waals surface area contributed by atoms with E-state index in [1.165, 1.54) is 13.2 Å². The minimum atomic E-state index is -0.457. The predicted octanol–water partition coefficient (Wildman–Crippen LogP) is 4.07. The van der Waals surface area contributed by atoms with Crippen molar-refractivity contribution in [3.05, 3.63) is 63.7 Å². The van der Waals surface area contributed by atoms with Crippen LogP contribution in [0.15, 0.2) is 42.5 Å². The van der Waals surface area contributed by atoms with Gasteiger partial charge in [0.25, 0.3) is 0 Å². The third-order valence-corrected chi connectivity index (χ3v) is 3.64. The molecule has 0 aliphatic rings. The molecule has 2 aromatic rings. The second-order valence-corrected chi connectivity index (χ2v) is 4.95. The largest absolute Gasteiger partial charge is 0.497 e. The molecule has 6 nitrogen and oxygen atoms in total. The molecule has 0 aliphatic carbocycles. The van der Waals surface area contributed by atoms with E-state index in [2.05, 4.69) is 0 Å². The molecule has 0 amide bonds. The Labute approximate surface area is 140 Å². The smallest absolute Gasteiger partial charge is 0.311 e. The van der Waals surface area contributed by atoms with Gasteiger partial charge in [-0.05, 0) is 41.8 Å². The van der Waals surface area contributed by atoms with Gasteiger partial charge >= 0.3 is 5.69 Å². The fraction of sp³-hybridized carbons (Fsp3) is 0.222. The van der Waals surface area contributed by atoms with Crippen LogP contribution in [0.1, 0.15) is 18.1 Å². The Morgan fingerprint density at radius 3 is 2.04 bits per heavy atom. The Bertz CT molecular complexity index is 761. The first-order chi connectivity index (χ1) is 11.5. The summed E-state index contributed by atoms with van der Waals surface area (Å²) < 4.78 is 15.6. The molecular formula is C18H19NO5. The highest BCUT2D eigenvalue weighted by Gasteiger charge is 2.17. The molecule has 0 N–H and O–H groups in total. The number of ether oxygens (including phenoxy) is 3. The van der Waals surface area contributed by atoms with Crippen molar-refractivity contribution in [2.24, 2.45) is 0 Å². The molecule has 0 saturated heterocycles. The molecule has 0 aromatic heterocycles. The Morgan fingerprint density at radius 1 is 0.958 bits per heavy atom. The van der Waals surface area contributed by atoms with Gasteiger partial charge in [0.05, 0.1) is 26.3 Å². The van der Waals surface area contributed by atoms with Crippen LogP contribution >= 0.6 is 0 Å². The number of allylic oxidation sites excluding steroid dienone is 1. The first kappa shape index (κ1) is 17.3. The van der Waals surface area contributed by atoms with Gasteiger partial charge in [-0.15, -0.1) is 0 Å². The van der Waals surface area contributed by atoms with Crippen molar-refractivity contribution in [2.45, 2.75) is 6.92 Å². The molecule has 0 bridgehead atoms. The summed E-state index contributed by atoms with van der Waals surface area (Å²) in [6, 6.07) is 10.4. The first-order valence-electron chi connectivity index (χ1n) is 7.26. The van der Waals surface area contributed by atoms with Crippen molar-refractivity contribution in [3.8, 4) is 17.2 Å². The Hall–Kier alpha value is -3.02. The highest BCUT2D eigenvalue weighted by Crippen LogP contribution is 2.35. The van der Waals surface area contributed by atoms with Crippen LogP contribution in [0.2, 0.25) is 0 Å². The summed E-state index contributed by atoms with van der Waals surface area (Å²) in [6.45, 7) is 1.87. The molecule has 0 heterocycles. The number of benzene rings is 2. The fourth-order valence-corrected chi connectivity index (χ4v) is 2.46. The van der Waals surface area contributed by atoms with E-state index in [1.807, 2.05) is 25.1 Å². The summed E-state index contributed by atoms with van der Waals surface area (Å²) in [5.41, 5.74) is 2.30. The zero-order valence-corrected chi connectivity index (χ0v) is 14.0. The van der Waals surface area contributed by atoms with Gasteiger partial charge in [-0.1, -0.05) is 12.1 Å². The number of hydrogen-bond donors (Lipinski definition) is 0. The van der Waals surface area contributed by atoms with Gasteiger partial charge in [0.15, 0.2) is 5.75 Å². The number of hydrogen-bond acceptors (Lipinski definition) is 5. The first-order valence-corrected chi connectivity index (χ1v) is 7.26. The molecule has 24 heavy (non-hydrogen) atoms. The number of nitro groups is 1. The molecule has 0 unspecified atom stereocenters. The standard InChI is InChI=1S/C18H19NO5/c1-5-16(13-8-14(22-2)11-15(9-13)23-3)12-6-7-18(24-4)17(10-12)19(20)21/h5-11H,1-4H3/b16-5+. The molecule has 2 aromatic carbocycles. The number of rotatable bonds is 6. The van der Waals surface area contributed by atoms with E-state index >= 15 is 0 Å².